The third-order valence-electron chi connectivity index (χ3n) is 1.99. The Balaban J connectivity index is 3.08. The molecule has 14 heavy (non-hydrogen) atoms. The molecule has 1 aromatic rings. The van der Waals surface area contributed by atoms with Crippen LogP contribution in [0.3, 0.4) is 0 Å². The van der Waals surface area contributed by atoms with E-state index in [4.69, 9.17) is 10.9 Å². The molecule has 0 fully saturated rings. The van der Waals surface area contributed by atoms with Crippen LogP contribution in [0.25, 0.3) is 0 Å². The maximum absolute atomic E-state index is 11.1. The van der Waals surface area contributed by atoms with Gasteiger partial charge in [0.2, 0.25) is 5.91 Å². The fourth-order valence-electron chi connectivity index (χ4n) is 1.31. The first-order valence-corrected chi connectivity index (χ1v) is 4.19. The Bertz CT molecular complexity index is 346. The van der Waals surface area contributed by atoms with Gasteiger partial charge in [-0.1, -0.05) is 35.5 Å². The van der Waals surface area contributed by atoms with Gasteiger partial charge < -0.3 is 10.9 Å². The zero-order valence-corrected chi connectivity index (χ0v) is 7.84. The van der Waals surface area contributed by atoms with E-state index in [-0.39, 0.29) is 0 Å². The average molecular weight is 192 g/mol. The van der Waals surface area contributed by atoms with Crippen molar-refractivity contribution in [2.75, 3.05) is 0 Å². The van der Waals surface area contributed by atoms with Crippen LogP contribution in [0.1, 0.15) is 18.4 Å². The van der Waals surface area contributed by atoms with Crippen molar-refractivity contribution >= 4 is 11.6 Å². The van der Waals surface area contributed by atoms with Crippen LogP contribution in [0.4, 0.5) is 0 Å². The van der Waals surface area contributed by atoms with E-state index in [1.807, 2.05) is 6.07 Å². The SMILES string of the molecule is CC(=NO)C(C(N)=O)c1ccccc1. The summed E-state index contributed by atoms with van der Waals surface area (Å²) in [6.45, 7) is 1.56. The summed E-state index contributed by atoms with van der Waals surface area (Å²) in [5, 5.41) is 11.6. The summed E-state index contributed by atoms with van der Waals surface area (Å²) in [5.41, 5.74) is 6.24. The molecule has 0 saturated carbocycles. The molecule has 0 aromatic heterocycles. The van der Waals surface area contributed by atoms with E-state index in [2.05, 4.69) is 5.16 Å². The minimum Gasteiger partial charge on any atom is -0.411 e. The molecule has 4 nitrogen and oxygen atoms in total. The average Bonchev–Trinajstić information content (AvgIpc) is 2.19. The second-order valence-electron chi connectivity index (χ2n) is 2.99. The lowest BCUT2D eigenvalue weighted by Gasteiger charge is -2.11. The van der Waals surface area contributed by atoms with E-state index in [1.165, 1.54) is 0 Å². The molecule has 1 aromatic carbocycles. The van der Waals surface area contributed by atoms with Crippen molar-refractivity contribution in [3.63, 3.8) is 0 Å². The number of nitrogens with zero attached hydrogens (tertiary/aromatic N) is 1. The van der Waals surface area contributed by atoms with Crippen molar-refractivity contribution < 1.29 is 10.0 Å². The number of hydrogen-bond donors (Lipinski definition) is 2. The van der Waals surface area contributed by atoms with Gasteiger partial charge in [0.25, 0.3) is 0 Å². The smallest absolute Gasteiger partial charge is 0.230 e. The van der Waals surface area contributed by atoms with Crippen LogP contribution in [-0.2, 0) is 4.79 Å². The standard InChI is InChI=1S/C10H12N2O2/c1-7(12-14)9(10(11)13)8-5-3-2-4-6-8/h2-6,9,14H,1H3,(H2,11,13). The van der Waals surface area contributed by atoms with Gasteiger partial charge in [-0.15, -0.1) is 0 Å². The van der Waals surface area contributed by atoms with E-state index in [0.29, 0.717) is 5.71 Å². The number of rotatable bonds is 3. The lowest BCUT2D eigenvalue weighted by atomic mass is 9.94. The number of primary amides is 1. The second kappa shape index (κ2) is 4.41. The van der Waals surface area contributed by atoms with Crippen LogP contribution < -0.4 is 5.73 Å². The normalized spacial score (nSPS) is 13.6. The van der Waals surface area contributed by atoms with Gasteiger partial charge in [0.15, 0.2) is 0 Å². The Morgan fingerprint density at radius 3 is 2.43 bits per heavy atom. The lowest BCUT2D eigenvalue weighted by Crippen LogP contribution is -2.26. The number of benzene rings is 1. The first-order chi connectivity index (χ1) is 6.66. The summed E-state index contributed by atoms with van der Waals surface area (Å²) in [7, 11) is 0. The van der Waals surface area contributed by atoms with Gasteiger partial charge in [0.1, 0.15) is 5.92 Å². The predicted octanol–water partition coefficient (Wildman–Crippen LogP) is 1.11. The minimum atomic E-state index is -0.652. The molecule has 4 heteroatoms. The summed E-state index contributed by atoms with van der Waals surface area (Å²) in [4.78, 5) is 11.1. The molecule has 0 saturated heterocycles. The minimum absolute atomic E-state index is 0.295. The molecule has 0 aliphatic carbocycles. The van der Waals surface area contributed by atoms with E-state index in [0.717, 1.165) is 5.56 Å². The highest BCUT2D eigenvalue weighted by Crippen LogP contribution is 2.16. The second-order valence-corrected chi connectivity index (χ2v) is 2.99. The van der Waals surface area contributed by atoms with Crippen LogP contribution >= 0.6 is 0 Å². The fraction of sp³-hybridized carbons (Fsp3) is 0.200. The first-order valence-electron chi connectivity index (χ1n) is 4.19. The van der Waals surface area contributed by atoms with E-state index in [1.54, 1.807) is 31.2 Å². The summed E-state index contributed by atoms with van der Waals surface area (Å²) < 4.78 is 0. The molecule has 0 bridgehead atoms. The van der Waals surface area contributed by atoms with Crippen LogP contribution in [0, 0.1) is 0 Å². The van der Waals surface area contributed by atoms with Crippen molar-refractivity contribution in [3.05, 3.63) is 35.9 Å². The molecular weight excluding hydrogens is 180 g/mol. The molecule has 3 N–H and O–H groups in total. The van der Waals surface area contributed by atoms with Crippen LogP contribution in [0.15, 0.2) is 35.5 Å². The van der Waals surface area contributed by atoms with Gasteiger partial charge in [-0.3, -0.25) is 4.79 Å². The summed E-state index contributed by atoms with van der Waals surface area (Å²) in [6, 6.07) is 8.98. The van der Waals surface area contributed by atoms with Gasteiger partial charge in [-0.25, -0.2) is 0 Å². The Hall–Kier alpha value is -1.84. The molecule has 0 heterocycles. The Kier molecular flexibility index (Phi) is 3.23. The maximum atomic E-state index is 11.1. The number of hydrogen-bond acceptors (Lipinski definition) is 3. The van der Waals surface area contributed by atoms with Gasteiger partial charge >= 0.3 is 0 Å². The summed E-state index contributed by atoms with van der Waals surface area (Å²) >= 11 is 0. The zero-order chi connectivity index (χ0) is 10.6. The highest BCUT2D eigenvalue weighted by atomic mass is 16.4. The van der Waals surface area contributed by atoms with Gasteiger partial charge in [-0.05, 0) is 12.5 Å². The number of nitrogens with two attached hydrogens (primary N) is 1. The molecule has 0 radical (unpaired) electrons. The third kappa shape index (κ3) is 2.10. The van der Waals surface area contributed by atoms with E-state index < -0.39 is 11.8 Å². The summed E-state index contributed by atoms with van der Waals surface area (Å²) in [5.74, 6) is -1.17. The van der Waals surface area contributed by atoms with Crippen molar-refractivity contribution in [2.45, 2.75) is 12.8 Å². The Labute approximate surface area is 82.0 Å². The van der Waals surface area contributed by atoms with Crippen molar-refractivity contribution in [1.29, 1.82) is 0 Å². The highest BCUT2D eigenvalue weighted by molar-refractivity contribution is 6.07. The molecular formula is C10H12N2O2. The largest absolute Gasteiger partial charge is 0.411 e. The predicted molar refractivity (Wildman–Crippen MR) is 53.3 cm³/mol. The third-order valence-corrected chi connectivity index (χ3v) is 1.99. The molecule has 0 aliphatic rings. The molecule has 1 unspecified atom stereocenters. The number of carbonyl (C=O) groups is 1. The molecule has 0 spiro atoms. The topological polar surface area (TPSA) is 75.7 Å². The van der Waals surface area contributed by atoms with Gasteiger partial charge in [-0.2, -0.15) is 0 Å². The van der Waals surface area contributed by atoms with Crippen molar-refractivity contribution in [2.24, 2.45) is 10.9 Å². The molecule has 1 atom stereocenters. The van der Waals surface area contributed by atoms with Crippen LogP contribution in [-0.4, -0.2) is 16.8 Å². The first kappa shape index (κ1) is 10.2. The quantitative estimate of drug-likeness (QED) is 0.427. The number of carbonyl (C=O) groups excluding carboxylic acids is 1. The molecule has 74 valence electrons. The van der Waals surface area contributed by atoms with Crippen molar-refractivity contribution in [3.8, 4) is 0 Å². The number of oxime groups is 1. The van der Waals surface area contributed by atoms with E-state index in [9.17, 15) is 4.79 Å². The molecule has 1 amide bonds. The van der Waals surface area contributed by atoms with Crippen LogP contribution in [0.2, 0.25) is 0 Å². The van der Waals surface area contributed by atoms with Crippen LogP contribution in [0.5, 0.6) is 0 Å². The van der Waals surface area contributed by atoms with Gasteiger partial charge in [0.05, 0.1) is 5.71 Å². The Morgan fingerprint density at radius 1 is 1.43 bits per heavy atom. The molecule has 0 aliphatic heterocycles. The van der Waals surface area contributed by atoms with Crippen molar-refractivity contribution in [1.82, 2.24) is 0 Å². The Morgan fingerprint density at radius 2 is 2.00 bits per heavy atom. The van der Waals surface area contributed by atoms with E-state index >= 15 is 0 Å². The highest BCUT2D eigenvalue weighted by Gasteiger charge is 2.20. The zero-order valence-electron chi connectivity index (χ0n) is 7.84. The maximum Gasteiger partial charge on any atom is 0.230 e. The fourth-order valence-corrected chi connectivity index (χ4v) is 1.31. The lowest BCUT2D eigenvalue weighted by molar-refractivity contribution is -0.118. The number of amides is 1. The van der Waals surface area contributed by atoms with Gasteiger partial charge in [0, 0.05) is 0 Å². The molecule has 1 rings (SSSR count). The summed E-state index contributed by atoms with van der Waals surface area (Å²) in [6.07, 6.45) is 0. The monoisotopic (exact) mass is 192 g/mol.